The molecular formula is C14H19N3O2S. The van der Waals surface area contributed by atoms with Crippen LogP contribution >= 0.6 is 0 Å². The number of sulfone groups is 1. The van der Waals surface area contributed by atoms with Crippen molar-refractivity contribution in [2.75, 3.05) is 12.0 Å². The van der Waals surface area contributed by atoms with Gasteiger partial charge in [0.25, 0.3) is 0 Å². The molecular weight excluding hydrogens is 274 g/mol. The van der Waals surface area contributed by atoms with E-state index in [0.717, 1.165) is 18.4 Å². The first-order chi connectivity index (χ1) is 9.33. The molecule has 1 aromatic carbocycles. The van der Waals surface area contributed by atoms with Crippen LogP contribution in [-0.2, 0) is 15.4 Å². The average molecular weight is 293 g/mol. The highest BCUT2D eigenvalue weighted by Gasteiger charge is 2.34. The van der Waals surface area contributed by atoms with Gasteiger partial charge in [-0.2, -0.15) is 0 Å². The second-order valence-corrected chi connectivity index (χ2v) is 7.89. The molecule has 2 N–H and O–H groups in total. The maximum atomic E-state index is 11.9. The van der Waals surface area contributed by atoms with Gasteiger partial charge in [-0.25, -0.2) is 13.4 Å². The van der Waals surface area contributed by atoms with Crippen LogP contribution in [0.4, 0.5) is 5.95 Å². The van der Waals surface area contributed by atoms with Crippen molar-refractivity contribution in [2.45, 2.75) is 43.0 Å². The summed E-state index contributed by atoms with van der Waals surface area (Å²) >= 11 is 0. The molecule has 1 aliphatic carbocycles. The SMILES string of the molecule is CC1(n2c(N)nc3c(S(C)(=O)=O)cccc32)CCCC1. The Kier molecular flexibility index (Phi) is 2.83. The summed E-state index contributed by atoms with van der Waals surface area (Å²) in [6.45, 7) is 2.17. The van der Waals surface area contributed by atoms with Crippen LogP contribution in [0, 0.1) is 0 Å². The van der Waals surface area contributed by atoms with Crippen LogP contribution in [0.15, 0.2) is 23.1 Å². The van der Waals surface area contributed by atoms with Crippen LogP contribution in [0.25, 0.3) is 11.0 Å². The highest BCUT2D eigenvalue weighted by atomic mass is 32.2. The lowest BCUT2D eigenvalue weighted by atomic mass is 10.00. The summed E-state index contributed by atoms with van der Waals surface area (Å²) in [6.07, 6.45) is 5.63. The normalized spacial score (nSPS) is 18.7. The molecule has 108 valence electrons. The molecule has 1 fully saturated rings. The van der Waals surface area contributed by atoms with Crippen molar-refractivity contribution in [3.05, 3.63) is 18.2 Å². The van der Waals surface area contributed by atoms with Crippen LogP contribution in [-0.4, -0.2) is 24.2 Å². The van der Waals surface area contributed by atoms with Gasteiger partial charge >= 0.3 is 0 Å². The van der Waals surface area contributed by atoms with Gasteiger partial charge in [-0.15, -0.1) is 0 Å². The van der Waals surface area contributed by atoms with Crippen LogP contribution in [0.3, 0.4) is 0 Å². The molecule has 1 heterocycles. The molecule has 0 bridgehead atoms. The summed E-state index contributed by atoms with van der Waals surface area (Å²) in [5.74, 6) is 0.403. The minimum atomic E-state index is -3.31. The zero-order chi connectivity index (χ0) is 14.5. The van der Waals surface area contributed by atoms with E-state index in [0.29, 0.717) is 11.5 Å². The van der Waals surface area contributed by atoms with Crippen molar-refractivity contribution in [3.63, 3.8) is 0 Å². The number of hydrogen-bond donors (Lipinski definition) is 1. The Labute approximate surface area is 118 Å². The second kappa shape index (κ2) is 4.22. The number of nitrogen functional groups attached to an aromatic ring is 1. The minimum Gasteiger partial charge on any atom is -0.369 e. The Bertz CT molecular complexity index is 771. The zero-order valence-corrected chi connectivity index (χ0v) is 12.6. The fourth-order valence-corrected chi connectivity index (χ4v) is 4.15. The monoisotopic (exact) mass is 293 g/mol. The second-order valence-electron chi connectivity index (χ2n) is 5.91. The largest absolute Gasteiger partial charge is 0.369 e. The van der Waals surface area contributed by atoms with Gasteiger partial charge in [-0.05, 0) is 31.9 Å². The van der Waals surface area contributed by atoms with Crippen LogP contribution in [0.2, 0.25) is 0 Å². The summed E-state index contributed by atoms with van der Waals surface area (Å²) in [5, 5.41) is 0. The Morgan fingerprint density at radius 3 is 2.55 bits per heavy atom. The summed E-state index contributed by atoms with van der Waals surface area (Å²) in [7, 11) is -3.31. The van der Waals surface area contributed by atoms with E-state index in [9.17, 15) is 8.42 Å². The Balaban J connectivity index is 2.33. The number of rotatable bonds is 2. The number of fused-ring (bicyclic) bond motifs is 1. The maximum absolute atomic E-state index is 11.9. The average Bonchev–Trinajstić information content (AvgIpc) is 2.90. The van der Waals surface area contributed by atoms with Crippen LogP contribution in [0.5, 0.6) is 0 Å². The number of anilines is 1. The minimum absolute atomic E-state index is 0.0606. The fraction of sp³-hybridized carbons (Fsp3) is 0.500. The molecule has 6 heteroatoms. The van der Waals surface area contributed by atoms with Gasteiger partial charge in [0.1, 0.15) is 5.52 Å². The Hall–Kier alpha value is -1.56. The predicted octanol–water partition coefficient (Wildman–Crippen LogP) is 2.31. The first kappa shape index (κ1) is 13.4. The van der Waals surface area contributed by atoms with Crippen LogP contribution < -0.4 is 5.73 Å². The van der Waals surface area contributed by atoms with E-state index in [1.54, 1.807) is 12.1 Å². The number of aromatic nitrogens is 2. The van der Waals surface area contributed by atoms with Gasteiger partial charge in [-0.1, -0.05) is 18.9 Å². The fourth-order valence-electron chi connectivity index (χ4n) is 3.32. The molecule has 5 nitrogen and oxygen atoms in total. The van der Waals surface area contributed by atoms with E-state index >= 15 is 0 Å². The standard InChI is InChI=1S/C14H19N3O2S/c1-14(8-3-4-9-14)17-10-6-5-7-11(20(2,18)19)12(10)16-13(17)15/h5-7H,3-4,8-9H2,1-2H3,(H2,15,16). The number of nitrogens with zero attached hydrogens (tertiary/aromatic N) is 2. The molecule has 0 atom stereocenters. The molecule has 3 rings (SSSR count). The lowest BCUT2D eigenvalue weighted by molar-refractivity contribution is 0.343. The van der Waals surface area contributed by atoms with E-state index in [1.807, 2.05) is 10.6 Å². The van der Waals surface area contributed by atoms with Crippen LogP contribution in [0.1, 0.15) is 32.6 Å². The topological polar surface area (TPSA) is 78.0 Å². The Morgan fingerprint density at radius 1 is 1.30 bits per heavy atom. The summed E-state index contributed by atoms with van der Waals surface area (Å²) < 4.78 is 25.8. The maximum Gasteiger partial charge on any atom is 0.201 e. The van der Waals surface area contributed by atoms with E-state index < -0.39 is 9.84 Å². The number of imidazole rings is 1. The van der Waals surface area contributed by atoms with Crippen molar-refractivity contribution in [3.8, 4) is 0 Å². The highest BCUT2D eigenvalue weighted by molar-refractivity contribution is 7.91. The molecule has 1 aromatic heterocycles. The van der Waals surface area contributed by atoms with E-state index in [1.165, 1.54) is 19.1 Å². The first-order valence-electron chi connectivity index (χ1n) is 6.80. The summed E-state index contributed by atoms with van der Waals surface area (Å²) in [4.78, 5) is 4.58. The molecule has 0 aliphatic heterocycles. The van der Waals surface area contributed by atoms with Crippen molar-refractivity contribution in [1.82, 2.24) is 9.55 Å². The lowest BCUT2D eigenvalue weighted by Gasteiger charge is -2.27. The number of hydrogen-bond acceptors (Lipinski definition) is 4. The quantitative estimate of drug-likeness (QED) is 0.921. The van der Waals surface area contributed by atoms with E-state index in [2.05, 4.69) is 11.9 Å². The lowest BCUT2D eigenvalue weighted by Crippen LogP contribution is -2.27. The molecule has 0 radical (unpaired) electrons. The molecule has 2 aromatic rings. The third-order valence-electron chi connectivity index (χ3n) is 4.29. The first-order valence-corrected chi connectivity index (χ1v) is 8.69. The molecule has 0 amide bonds. The zero-order valence-electron chi connectivity index (χ0n) is 11.8. The van der Waals surface area contributed by atoms with Gasteiger partial charge < -0.3 is 10.3 Å². The van der Waals surface area contributed by atoms with Crippen molar-refractivity contribution >= 4 is 26.8 Å². The van der Waals surface area contributed by atoms with E-state index in [4.69, 9.17) is 5.73 Å². The molecule has 0 spiro atoms. The molecule has 1 saturated carbocycles. The molecule has 20 heavy (non-hydrogen) atoms. The van der Waals surface area contributed by atoms with Gasteiger partial charge in [0.05, 0.1) is 10.4 Å². The van der Waals surface area contributed by atoms with Crippen molar-refractivity contribution < 1.29 is 8.42 Å². The number of benzene rings is 1. The summed E-state index contributed by atoms with van der Waals surface area (Å²) in [5.41, 5.74) is 7.33. The van der Waals surface area contributed by atoms with Gasteiger partial charge in [0, 0.05) is 11.8 Å². The van der Waals surface area contributed by atoms with Crippen molar-refractivity contribution in [2.24, 2.45) is 0 Å². The number of nitrogens with two attached hydrogens (primary N) is 1. The molecule has 0 unspecified atom stereocenters. The highest BCUT2D eigenvalue weighted by Crippen LogP contribution is 2.40. The number of para-hydroxylation sites is 1. The third kappa shape index (κ3) is 1.90. The van der Waals surface area contributed by atoms with E-state index in [-0.39, 0.29) is 10.4 Å². The Morgan fingerprint density at radius 2 is 1.95 bits per heavy atom. The van der Waals surface area contributed by atoms with Crippen molar-refractivity contribution in [1.29, 1.82) is 0 Å². The molecule has 1 aliphatic rings. The van der Waals surface area contributed by atoms with Gasteiger partial charge in [-0.3, -0.25) is 0 Å². The smallest absolute Gasteiger partial charge is 0.201 e. The third-order valence-corrected chi connectivity index (χ3v) is 5.42. The predicted molar refractivity (Wildman–Crippen MR) is 79.4 cm³/mol. The molecule has 0 saturated heterocycles. The van der Waals surface area contributed by atoms with Gasteiger partial charge in [0.2, 0.25) is 5.95 Å². The van der Waals surface area contributed by atoms with Gasteiger partial charge in [0.15, 0.2) is 9.84 Å². The summed E-state index contributed by atoms with van der Waals surface area (Å²) in [6, 6.07) is 5.25.